The van der Waals surface area contributed by atoms with Gasteiger partial charge in [0, 0.05) is 23.8 Å². The molecule has 0 radical (unpaired) electrons. The smallest absolute Gasteiger partial charge is 0.310 e. The van der Waals surface area contributed by atoms with Crippen LogP contribution < -0.4 is 11.1 Å². The van der Waals surface area contributed by atoms with Crippen LogP contribution in [0.2, 0.25) is 5.02 Å². The molecule has 0 aliphatic carbocycles. The Labute approximate surface area is 201 Å². The molecule has 176 valence electrons. The summed E-state index contributed by atoms with van der Waals surface area (Å²) in [5, 5.41) is 23.9. The summed E-state index contributed by atoms with van der Waals surface area (Å²) in [6.45, 7) is 0. The summed E-state index contributed by atoms with van der Waals surface area (Å²) in [6, 6.07) is 21.7. The van der Waals surface area contributed by atoms with Gasteiger partial charge < -0.3 is 11.1 Å². The quantitative estimate of drug-likeness (QED) is 0.196. The fourth-order valence-electron chi connectivity index (χ4n) is 2.27. The molecule has 2 aromatic heterocycles. The topological polar surface area (TPSA) is 150 Å². The van der Waals surface area contributed by atoms with Crippen LogP contribution in [0.15, 0.2) is 97.6 Å². The summed E-state index contributed by atoms with van der Waals surface area (Å²) in [6.07, 6.45) is 5.25. The van der Waals surface area contributed by atoms with Gasteiger partial charge in [0.15, 0.2) is 0 Å². The third-order valence-electron chi connectivity index (χ3n) is 3.79. The highest BCUT2D eigenvalue weighted by Crippen LogP contribution is 2.25. The van der Waals surface area contributed by atoms with E-state index in [4.69, 9.17) is 17.3 Å². The van der Waals surface area contributed by atoms with Gasteiger partial charge >= 0.3 is 11.4 Å². The monoisotopic (exact) mass is 482 g/mol. The van der Waals surface area contributed by atoms with Crippen LogP contribution in [0.25, 0.3) is 0 Å². The van der Waals surface area contributed by atoms with E-state index in [1.807, 2.05) is 60.7 Å². The molecule has 0 saturated heterocycles. The lowest BCUT2D eigenvalue weighted by Gasteiger charge is -2.05. The van der Waals surface area contributed by atoms with Crippen LogP contribution in [-0.4, -0.2) is 19.8 Å². The SMILES string of the molecule is C.Nc1ccccc1.O=[N+]([O-])c1cnccc1Cl.O=[N+]([O-])c1cnccc1Nc1ccccc1. The highest BCUT2D eigenvalue weighted by atomic mass is 35.5. The van der Waals surface area contributed by atoms with E-state index in [1.54, 1.807) is 6.07 Å². The van der Waals surface area contributed by atoms with Crippen molar-refractivity contribution in [3.05, 3.63) is 123 Å². The number of benzene rings is 2. The number of anilines is 3. The first kappa shape index (κ1) is 27.5. The molecule has 0 atom stereocenters. The molecule has 0 fully saturated rings. The Kier molecular flexibility index (Phi) is 11.7. The van der Waals surface area contributed by atoms with Gasteiger partial charge in [-0.1, -0.05) is 55.4 Å². The van der Waals surface area contributed by atoms with E-state index in [1.165, 1.54) is 24.7 Å². The Morgan fingerprint density at radius 1 is 0.765 bits per heavy atom. The molecule has 0 spiro atoms. The predicted octanol–water partition coefficient (Wildman–Crippen LogP) is 6.28. The number of halogens is 1. The van der Waals surface area contributed by atoms with Crippen LogP contribution in [-0.2, 0) is 0 Å². The molecule has 0 unspecified atom stereocenters. The molecule has 0 bridgehead atoms. The van der Waals surface area contributed by atoms with Crippen molar-refractivity contribution in [3.63, 3.8) is 0 Å². The molecule has 34 heavy (non-hydrogen) atoms. The van der Waals surface area contributed by atoms with E-state index in [9.17, 15) is 20.2 Å². The molecule has 0 aliphatic heterocycles. The number of nitro groups is 2. The number of pyridine rings is 2. The number of nitrogens with one attached hydrogen (secondary N) is 1. The lowest BCUT2D eigenvalue weighted by molar-refractivity contribution is -0.385. The van der Waals surface area contributed by atoms with E-state index < -0.39 is 9.85 Å². The largest absolute Gasteiger partial charge is 0.399 e. The van der Waals surface area contributed by atoms with Crippen LogP contribution in [0.5, 0.6) is 0 Å². The average Bonchev–Trinajstić information content (AvgIpc) is 2.81. The number of rotatable bonds is 4. The number of nitrogen functional groups attached to an aromatic ring is 1. The van der Waals surface area contributed by atoms with Gasteiger partial charge in [0.05, 0.1) is 9.85 Å². The summed E-state index contributed by atoms with van der Waals surface area (Å²) >= 11 is 5.44. The summed E-state index contributed by atoms with van der Waals surface area (Å²) in [4.78, 5) is 27.1. The van der Waals surface area contributed by atoms with Crippen molar-refractivity contribution in [2.75, 3.05) is 11.1 Å². The molecule has 0 saturated carbocycles. The van der Waals surface area contributed by atoms with E-state index in [-0.39, 0.29) is 23.8 Å². The number of hydrogen-bond acceptors (Lipinski definition) is 8. The summed E-state index contributed by atoms with van der Waals surface area (Å²) in [5.74, 6) is 0. The number of para-hydroxylation sites is 2. The fourth-order valence-corrected chi connectivity index (χ4v) is 2.44. The third kappa shape index (κ3) is 9.28. The minimum atomic E-state index is -0.574. The Bertz CT molecular complexity index is 1180. The highest BCUT2D eigenvalue weighted by molar-refractivity contribution is 6.32. The summed E-state index contributed by atoms with van der Waals surface area (Å²) in [7, 11) is 0. The van der Waals surface area contributed by atoms with Crippen molar-refractivity contribution in [1.82, 2.24) is 9.97 Å². The maximum Gasteiger partial charge on any atom is 0.310 e. The normalized spacial score (nSPS) is 9.09. The number of aromatic nitrogens is 2. The van der Waals surface area contributed by atoms with E-state index >= 15 is 0 Å². The Morgan fingerprint density at radius 2 is 1.26 bits per heavy atom. The van der Waals surface area contributed by atoms with E-state index in [0.717, 1.165) is 17.6 Å². The first-order valence-corrected chi connectivity index (χ1v) is 9.71. The van der Waals surface area contributed by atoms with Gasteiger partial charge in [0.2, 0.25) is 0 Å². The summed E-state index contributed by atoms with van der Waals surface area (Å²) < 4.78 is 0. The molecule has 4 aromatic rings. The zero-order chi connectivity index (χ0) is 24.1. The first-order chi connectivity index (χ1) is 15.9. The van der Waals surface area contributed by atoms with Gasteiger partial charge in [0.1, 0.15) is 23.1 Å². The second kappa shape index (κ2) is 14.5. The van der Waals surface area contributed by atoms with Crippen molar-refractivity contribution in [3.8, 4) is 0 Å². The molecule has 0 aliphatic rings. The second-order valence-corrected chi connectivity index (χ2v) is 6.54. The van der Waals surface area contributed by atoms with Gasteiger partial charge in [-0.25, -0.2) is 0 Å². The number of hydrogen-bond donors (Lipinski definition) is 2. The molecule has 0 amide bonds. The molecule has 10 nitrogen and oxygen atoms in total. The summed E-state index contributed by atoms with van der Waals surface area (Å²) in [5.41, 5.74) is 7.22. The van der Waals surface area contributed by atoms with Gasteiger partial charge in [-0.2, -0.15) is 0 Å². The molecule has 2 aromatic carbocycles. The standard InChI is InChI=1S/C11H9N3O2.C6H7N.C5H3ClN2O2.CH4/c15-14(16)11-8-12-7-6-10(11)13-9-4-2-1-3-5-9;7-6-4-2-1-3-5-6;6-4-1-2-7-3-5(4)8(9)10;/h1-8H,(H,12,13);1-5H,7H2;1-3H;1H4. The van der Waals surface area contributed by atoms with E-state index in [2.05, 4.69) is 15.3 Å². The van der Waals surface area contributed by atoms with Gasteiger partial charge in [-0.15, -0.1) is 0 Å². The Balaban J connectivity index is 0.000000275. The van der Waals surface area contributed by atoms with Crippen LogP contribution in [0.1, 0.15) is 7.43 Å². The third-order valence-corrected chi connectivity index (χ3v) is 4.11. The van der Waals surface area contributed by atoms with Gasteiger partial charge in [-0.3, -0.25) is 30.2 Å². The van der Waals surface area contributed by atoms with Crippen LogP contribution in [0.3, 0.4) is 0 Å². The van der Waals surface area contributed by atoms with Gasteiger partial charge in [0.25, 0.3) is 0 Å². The van der Waals surface area contributed by atoms with Crippen molar-refractivity contribution >= 4 is 40.0 Å². The number of nitrogens with zero attached hydrogens (tertiary/aromatic N) is 4. The Morgan fingerprint density at radius 3 is 1.71 bits per heavy atom. The average molecular weight is 483 g/mol. The van der Waals surface area contributed by atoms with Crippen LogP contribution in [0.4, 0.5) is 28.4 Å². The minimum absolute atomic E-state index is 0. The van der Waals surface area contributed by atoms with Crippen LogP contribution >= 0.6 is 11.6 Å². The van der Waals surface area contributed by atoms with Crippen LogP contribution in [0, 0.1) is 20.2 Å². The Hall–Kier alpha value is -4.57. The van der Waals surface area contributed by atoms with Crippen molar-refractivity contribution in [2.24, 2.45) is 0 Å². The minimum Gasteiger partial charge on any atom is -0.399 e. The van der Waals surface area contributed by atoms with Gasteiger partial charge in [-0.05, 0) is 36.4 Å². The molecule has 4 rings (SSSR count). The molecule has 3 N–H and O–H groups in total. The zero-order valence-corrected chi connectivity index (χ0v) is 17.9. The van der Waals surface area contributed by atoms with E-state index in [0.29, 0.717) is 5.69 Å². The molecular weight excluding hydrogens is 460 g/mol. The lowest BCUT2D eigenvalue weighted by Crippen LogP contribution is -1.97. The predicted molar refractivity (Wildman–Crippen MR) is 134 cm³/mol. The molecular formula is C23H23ClN6O4. The number of nitrogens with two attached hydrogens (primary N) is 1. The fraction of sp³-hybridized carbons (Fsp3) is 0.0435. The lowest BCUT2D eigenvalue weighted by atomic mass is 10.3. The molecule has 11 heteroatoms. The van der Waals surface area contributed by atoms with Crippen molar-refractivity contribution in [1.29, 1.82) is 0 Å². The van der Waals surface area contributed by atoms with Crippen molar-refractivity contribution < 1.29 is 9.85 Å². The first-order valence-electron chi connectivity index (χ1n) is 9.33. The highest BCUT2D eigenvalue weighted by Gasteiger charge is 2.12. The second-order valence-electron chi connectivity index (χ2n) is 6.14. The maximum absolute atomic E-state index is 10.7. The van der Waals surface area contributed by atoms with Crippen molar-refractivity contribution in [2.45, 2.75) is 7.43 Å². The maximum atomic E-state index is 10.7. The zero-order valence-electron chi connectivity index (χ0n) is 17.1. The molecule has 2 heterocycles.